The number of esters is 2. The number of aliphatic hydroxyl groups excluding tert-OH is 2. The van der Waals surface area contributed by atoms with Crippen LogP contribution in [0.25, 0.3) is 6.08 Å². The van der Waals surface area contributed by atoms with Crippen LogP contribution in [0.15, 0.2) is 36.4 Å². The molecule has 13 nitrogen and oxygen atoms in total. The van der Waals surface area contributed by atoms with Crippen LogP contribution < -0.4 is 4.74 Å². The van der Waals surface area contributed by atoms with Gasteiger partial charge < -0.3 is 49.6 Å². The second-order valence-electron chi connectivity index (χ2n) is 8.27. The van der Waals surface area contributed by atoms with E-state index in [1.165, 1.54) is 24.3 Å². The maximum atomic E-state index is 12.6. The third kappa shape index (κ3) is 6.51. The Labute approximate surface area is 215 Å². The van der Waals surface area contributed by atoms with Crippen molar-refractivity contribution in [2.45, 2.75) is 44.6 Å². The predicted molar refractivity (Wildman–Crippen MR) is 126 cm³/mol. The van der Waals surface area contributed by atoms with Crippen molar-refractivity contribution < 1.29 is 64.0 Å². The molecule has 0 unspecified atom stereocenters. The molecule has 13 heteroatoms. The Morgan fingerprint density at radius 3 is 2.26 bits per heavy atom. The summed E-state index contributed by atoms with van der Waals surface area (Å²) < 4.78 is 20.7. The zero-order valence-electron chi connectivity index (χ0n) is 20.2. The highest BCUT2D eigenvalue weighted by Crippen LogP contribution is 2.40. The van der Waals surface area contributed by atoms with Crippen LogP contribution in [0.1, 0.15) is 29.8 Å². The number of carbonyl (C=O) groups excluding carboxylic acids is 3. The van der Waals surface area contributed by atoms with Gasteiger partial charge in [-0.25, -0.2) is 0 Å². The van der Waals surface area contributed by atoms with Gasteiger partial charge in [0.2, 0.25) is 12.0 Å². The number of ketones is 1. The lowest BCUT2D eigenvalue weighted by Gasteiger charge is -2.41. The van der Waals surface area contributed by atoms with Crippen LogP contribution in [-0.4, -0.2) is 85.7 Å². The first-order valence-corrected chi connectivity index (χ1v) is 11.2. The van der Waals surface area contributed by atoms with Gasteiger partial charge in [-0.15, -0.1) is 0 Å². The van der Waals surface area contributed by atoms with Gasteiger partial charge in [0.05, 0.1) is 5.56 Å². The summed E-state index contributed by atoms with van der Waals surface area (Å²) in [5.74, 6) is -5.16. The fourth-order valence-electron chi connectivity index (χ4n) is 3.55. The molecule has 204 valence electrons. The summed E-state index contributed by atoms with van der Waals surface area (Å²) in [5.41, 5.74) is 0.0498. The second-order valence-corrected chi connectivity index (χ2v) is 8.27. The molecule has 0 spiro atoms. The Hall–Kier alpha value is -4.33. The minimum absolute atomic E-state index is 0.319. The van der Waals surface area contributed by atoms with E-state index >= 15 is 0 Å². The molecule has 0 saturated carbocycles. The number of hydrogen-bond donors (Lipinski definition) is 6. The minimum Gasteiger partial charge on any atom is -0.504 e. The fraction of sp³-hybridized carbons (Fsp3) is 0.320. The summed E-state index contributed by atoms with van der Waals surface area (Å²) in [4.78, 5) is 35.2. The summed E-state index contributed by atoms with van der Waals surface area (Å²) in [6.45, 7) is 1.69. The molecule has 3 rings (SSSR count). The van der Waals surface area contributed by atoms with E-state index < -0.39 is 78.0 Å². The highest BCUT2D eigenvalue weighted by molar-refractivity contribution is 6.09. The van der Waals surface area contributed by atoms with Crippen molar-refractivity contribution in [1.82, 2.24) is 0 Å². The van der Waals surface area contributed by atoms with E-state index in [1.807, 2.05) is 0 Å². The lowest BCUT2D eigenvalue weighted by molar-refractivity contribution is -0.282. The molecule has 0 radical (unpaired) electrons. The van der Waals surface area contributed by atoms with Gasteiger partial charge in [-0.2, -0.15) is 0 Å². The Morgan fingerprint density at radius 2 is 1.63 bits per heavy atom. The molecular formula is C25H26O13. The first-order chi connectivity index (χ1) is 17.9. The number of phenols is 4. The average molecular weight is 534 g/mol. The summed E-state index contributed by atoms with van der Waals surface area (Å²) in [5, 5.41) is 60.8. The van der Waals surface area contributed by atoms with Crippen LogP contribution in [0.5, 0.6) is 28.7 Å². The number of allylic oxidation sites excluding steroid dienone is 1. The monoisotopic (exact) mass is 534 g/mol. The number of hydrogen-bond acceptors (Lipinski definition) is 13. The quantitative estimate of drug-likeness (QED) is 0.120. The number of phenolic OH excluding ortho intramolecular Hbond substituents is 4. The van der Waals surface area contributed by atoms with Crippen molar-refractivity contribution in [2.24, 2.45) is 0 Å². The summed E-state index contributed by atoms with van der Waals surface area (Å²) >= 11 is 0. The molecule has 1 aliphatic heterocycles. The van der Waals surface area contributed by atoms with Crippen LogP contribution in [0.4, 0.5) is 0 Å². The second kappa shape index (κ2) is 11.8. The molecule has 5 atom stereocenters. The van der Waals surface area contributed by atoms with E-state index in [0.29, 0.717) is 5.56 Å². The molecule has 1 fully saturated rings. The van der Waals surface area contributed by atoms with E-state index in [-0.39, 0.29) is 11.3 Å². The number of aromatic hydroxyl groups is 4. The molecule has 6 N–H and O–H groups in total. The normalized spacial score (nSPS) is 23.1. The molecule has 0 aromatic heterocycles. The summed E-state index contributed by atoms with van der Waals surface area (Å²) in [6.07, 6.45) is -5.52. The van der Waals surface area contributed by atoms with Gasteiger partial charge in [-0.1, -0.05) is 12.1 Å². The number of rotatable bonds is 8. The molecule has 1 saturated heterocycles. The molecule has 0 amide bonds. The maximum absolute atomic E-state index is 12.6. The number of ether oxygens (including phenoxy) is 4. The van der Waals surface area contributed by atoms with Crippen molar-refractivity contribution in [3.63, 3.8) is 0 Å². The lowest BCUT2D eigenvalue weighted by atomic mass is 9.99. The first-order valence-electron chi connectivity index (χ1n) is 11.2. The van der Waals surface area contributed by atoms with Crippen LogP contribution in [-0.2, 0) is 23.8 Å². The SMILES string of the molecule is CC(=O)OC[C@H]1O[C@@H](Oc2ccc(C(=O)C=Cc3ccc(O)c(O)c3)c(O)c2O)[C@H](O)[C@@H](OC(C)=O)[C@@H]1O. The van der Waals surface area contributed by atoms with Crippen molar-refractivity contribution in [1.29, 1.82) is 0 Å². The van der Waals surface area contributed by atoms with Gasteiger partial charge in [0.25, 0.3) is 0 Å². The Kier molecular flexibility index (Phi) is 8.78. The van der Waals surface area contributed by atoms with Crippen molar-refractivity contribution in [3.8, 4) is 28.7 Å². The van der Waals surface area contributed by atoms with Crippen LogP contribution in [0, 0.1) is 0 Å². The molecule has 0 bridgehead atoms. The van der Waals surface area contributed by atoms with E-state index in [9.17, 15) is 45.0 Å². The van der Waals surface area contributed by atoms with Crippen molar-refractivity contribution in [2.75, 3.05) is 6.61 Å². The Bertz CT molecular complexity index is 1240. The largest absolute Gasteiger partial charge is 0.504 e. The molecule has 2 aromatic rings. The van der Waals surface area contributed by atoms with Crippen LogP contribution in [0.3, 0.4) is 0 Å². The standard InChI is InChI=1S/C25H26O13/c1-11(26)35-10-19-22(33)24(36-12(2)27)23(34)25(38-19)37-18-8-5-14(20(31)21(18)32)15(28)6-3-13-4-7-16(29)17(30)9-13/h3-9,19,22-25,29-34H,10H2,1-2H3/t19-,22-,23-,24+,25-/m1/s1. The van der Waals surface area contributed by atoms with Crippen molar-refractivity contribution in [3.05, 3.63) is 47.5 Å². The highest BCUT2D eigenvalue weighted by atomic mass is 16.7. The van der Waals surface area contributed by atoms with Crippen molar-refractivity contribution >= 4 is 23.8 Å². The van der Waals surface area contributed by atoms with Crippen LogP contribution >= 0.6 is 0 Å². The number of benzene rings is 2. The fourth-order valence-corrected chi connectivity index (χ4v) is 3.55. The Balaban J connectivity index is 1.81. The summed E-state index contributed by atoms with van der Waals surface area (Å²) in [6, 6.07) is 6.08. The molecule has 2 aromatic carbocycles. The van der Waals surface area contributed by atoms with E-state index in [4.69, 9.17) is 18.9 Å². The minimum atomic E-state index is -1.77. The van der Waals surface area contributed by atoms with Crippen LogP contribution in [0.2, 0.25) is 0 Å². The molecule has 38 heavy (non-hydrogen) atoms. The third-order valence-electron chi connectivity index (χ3n) is 5.44. The van der Waals surface area contributed by atoms with E-state index in [1.54, 1.807) is 0 Å². The van der Waals surface area contributed by atoms with Gasteiger partial charge in [0.15, 0.2) is 41.0 Å². The maximum Gasteiger partial charge on any atom is 0.303 e. The third-order valence-corrected chi connectivity index (χ3v) is 5.44. The zero-order chi connectivity index (χ0) is 28.1. The molecule has 1 heterocycles. The van der Waals surface area contributed by atoms with E-state index in [0.717, 1.165) is 32.1 Å². The zero-order valence-corrected chi connectivity index (χ0v) is 20.2. The molecule has 0 aliphatic carbocycles. The van der Waals surface area contributed by atoms with Gasteiger partial charge in [0.1, 0.15) is 18.8 Å². The predicted octanol–water partition coefficient (Wildman–Crippen LogP) is 0.725. The average Bonchev–Trinajstić information content (AvgIpc) is 2.85. The smallest absolute Gasteiger partial charge is 0.303 e. The molecule has 1 aliphatic rings. The highest BCUT2D eigenvalue weighted by Gasteiger charge is 2.48. The Morgan fingerprint density at radius 1 is 0.921 bits per heavy atom. The number of aliphatic hydroxyl groups is 2. The summed E-state index contributed by atoms with van der Waals surface area (Å²) in [7, 11) is 0. The van der Waals surface area contributed by atoms with Gasteiger partial charge in [-0.05, 0) is 35.9 Å². The first kappa shape index (κ1) is 28.2. The van der Waals surface area contributed by atoms with Gasteiger partial charge in [-0.3, -0.25) is 14.4 Å². The van der Waals surface area contributed by atoms with E-state index in [2.05, 4.69) is 0 Å². The topological polar surface area (TPSA) is 210 Å². The van der Waals surface area contributed by atoms with Gasteiger partial charge >= 0.3 is 11.9 Å². The van der Waals surface area contributed by atoms with Gasteiger partial charge in [0, 0.05) is 13.8 Å². The molecular weight excluding hydrogens is 508 g/mol. The number of carbonyl (C=O) groups is 3. The lowest BCUT2D eigenvalue weighted by Crippen LogP contribution is -2.61.